The van der Waals surface area contributed by atoms with E-state index in [0.29, 0.717) is 28.2 Å². The summed E-state index contributed by atoms with van der Waals surface area (Å²) in [5, 5.41) is 8.42. The molecule has 1 heterocycles. The number of aryl methyl sites for hydroxylation is 1. The van der Waals surface area contributed by atoms with Crippen molar-refractivity contribution in [2.75, 3.05) is 5.32 Å². The quantitative estimate of drug-likeness (QED) is 0.632. The number of carbonyl (C=O) groups is 1. The van der Waals surface area contributed by atoms with E-state index in [9.17, 15) is 4.79 Å². The molecule has 1 amide bonds. The van der Waals surface area contributed by atoms with Crippen LogP contribution >= 0.6 is 23.2 Å². The Balaban J connectivity index is 1.61. The molecule has 0 unspecified atom stereocenters. The number of anilines is 1. The number of rotatable bonds is 6. The third-order valence-corrected chi connectivity index (χ3v) is 4.60. The summed E-state index contributed by atoms with van der Waals surface area (Å²) in [6.07, 6.45) is 1.10. The second kappa shape index (κ2) is 8.46. The average molecular weight is 404 g/mol. The highest BCUT2D eigenvalue weighted by atomic mass is 35.5. The zero-order chi connectivity index (χ0) is 19.4. The summed E-state index contributed by atoms with van der Waals surface area (Å²) >= 11 is 12.1. The monoisotopic (exact) mass is 403 g/mol. The second-order valence-corrected chi connectivity index (χ2v) is 6.99. The highest BCUT2D eigenvalue weighted by molar-refractivity contribution is 6.31. The Morgan fingerprint density at radius 2 is 2.00 bits per heavy atom. The van der Waals surface area contributed by atoms with Gasteiger partial charge in [-0.05, 0) is 49.2 Å². The molecule has 27 heavy (non-hydrogen) atoms. The van der Waals surface area contributed by atoms with Gasteiger partial charge in [-0.15, -0.1) is 0 Å². The topological polar surface area (TPSA) is 56.1 Å². The molecule has 0 spiro atoms. The van der Waals surface area contributed by atoms with Crippen LogP contribution in [0, 0.1) is 6.92 Å². The predicted molar refractivity (Wildman–Crippen MR) is 108 cm³/mol. The van der Waals surface area contributed by atoms with Crippen LogP contribution in [0.1, 0.15) is 18.1 Å². The van der Waals surface area contributed by atoms with Crippen molar-refractivity contribution in [3.8, 4) is 5.75 Å². The number of benzene rings is 2. The molecule has 3 rings (SSSR count). The molecule has 2 aromatic carbocycles. The molecule has 0 aliphatic rings. The number of ether oxygens (including phenoxy) is 1. The summed E-state index contributed by atoms with van der Waals surface area (Å²) in [7, 11) is 0. The summed E-state index contributed by atoms with van der Waals surface area (Å²) in [5.74, 6) is 0.786. The molecule has 3 aromatic rings. The van der Waals surface area contributed by atoms with Crippen molar-refractivity contribution >= 4 is 34.9 Å². The lowest BCUT2D eigenvalue weighted by atomic mass is 10.2. The first-order chi connectivity index (χ1) is 12.9. The van der Waals surface area contributed by atoms with Crippen molar-refractivity contribution in [3.63, 3.8) is 0 Å². The molecule has 0 saturated heterocycles. The Labute approximate surface area is 167 Å². The van der Waals surface area contributed by atoms with Gasteiger partial charge in [-0.2, -0.15) is 5.10 Å². The van der Waals surface area contributed by atoms with Crippen molar-refractivity contribution in [1.29, 1.82) is 0 Å². The van der Waals surface area contributed by atoms with Crippen LogP contribution in [0.4, 0.5) is 5.82 Å². The van der Waals surface area contributed by atoms with E-state index in [2.05, 4.69) is 10.4 Å². The SMILES string of the molecule is Cc1cc(Cl)ccc1O[C@H](C)C(=O)Nc1ccn(Cc2ccccc2Cl)n1. The molecule has 0 bridgehead atoms. The van der Waals surface area contributed by atoms with E-state index in [1.54, 1.807) is 42.1 Å². The fourth-order valence-electron chi connectivity index (χ4n) is 2.53. The van der Waals surface area contributed by atoms with Crippen LogP contribution in [0.3, 0.4) is 0 Å². The molecule has 0 fully saturated rings. The number of nitrogens with one attached hydrogen (secondary N) is 1. The minimum Gasteiger partial charge on any atom is -0.481 e. The molecule has 5 nitrogen and oxygen atoms in total. The summed E-state index contributed by atoms with van der Waals surface area (Å²) in [6, 6.07) is 14.6. The van der Waals surface area contributed by atoms with Gasteiger partial charge in [0.05, 0.1) is 6.54 Å². The highest BCUT2D eigenvalue weighted by Gasteiger charge is 2.17. The Bertz CT molecular complexity index is 956. The molecular formula is C20H19Cl2N3O2. The smallest absolute Gasteiger partial charge is 0.266 e. The number of aromatic nitrogens is 2. The molecule has 0 aliphatic carbocycles. The lowest BCUT2D eigenvalue weighted by molar-refractivity contribution is -0.122. The molecule has 1 aromatic heterocycles. The number of hydrogen-bond donors (Lipinski definition) is 1. The molecular weight excluding hydrogens is 385 g/mol. The van der Waals surface area contributed by atoms with E-state index in [1.165, 1.54) is 0 Å². The molecule has 0 radical (unpaired) electrons. The molecule has 140 valence electrons. The van der Waals surface area contributed by atoms with Crippen LogP contribution in [0.2, 0.25) is 10.0 Å². The number of nitrogens with zero attached hydrogens (tertiary/aromatic N) is 2. The molecule has 0 saturated carbocycles. The van der Waals surface area contributed by atoms with Gasteiger partial charge in [0.25, 0.3) is 5.91 Å². The number of halogens is 2. The average Bonchev–Trinajstić information content (AvgIpc) is 3.06. The van der Waals surface area contributed by atoms with Crippen LogP contribution < -0.4 is 10.1 Å². The van der Waals surface area contributed by atoms with Gasteiger partial charge in [0.2, 0.25) is 0 Å². The van der Waals surface area contributed by atoms with Gasteiger partial charge in [-0.3, -0.25) is 9.48 Å². The van der Waals surface area contributed by atoms with E-state index in [1.807, 2.05) is 31.2 Å². The van der Waals surface area contributed by atoms with E-state index < -0.39 is 6.10 Å². The molecule has 1 atom stereocenters. The van der Waals surface area contributed by atoms with Crippen LogP contribution in [-0.2, 0) is 11.3 Å². The number of hydrogen-bond acceptors (Lipinski definition) is 3. The fourth-order valence-corrected chi connectivity index (χ4v) is 2.96. The van der Waals surface area contributed by atoms with Gasteiger partial charge < -0.3 is 10.1 Å². The summed E-state index contributed by atoms with van der Waals surface area (Å²) in [6.45, 7) is 4.08. The van der Waals surface area contributed by atoms with Gasteiger partial charge in [0.15, 0.2) is 11.9 Å². The van der Waals surface area contributed by atoms with Crippen LogP contribution in [0.15, 0.2) is 54.7 Å². The highest BCUT2D eigenvalue weighted by Crippen LogP contribution is 2.23. The number of amides is 1. The third kappa shape index (κ3) is 5.02. The first kappa shape index (κ1) is 19.3. The van der Waals surface area contributed by atoms with Crippen LogP contribution in [0.5, 0.6) is 5.75 Å². The molecule has 7 heteroatoms. The molecule has 1 N–H and O–H groups in total. The van der Waals surface area contributed by atoms with Gasteiger partial charge >= 0.3 is 0 Å². The fraction of sp³-hybridized carbons (Fsp3) is 0.200. The van der Waals surface area contributed by atoms with Gasteiger partial charge in [-0.25, -0.2) is 0 Å². The minimum absolute atomic E-state index is 0.285. The largest absolute Gasteiger partial charge is 0.481 e. The van der Waals surface area contributed by atoms with Crippen molar-refractivity contribution in [1.82, 2.24) is 9.78 Å². The van der Waals surface area contributed by atoms with E-state index in [0.717, 1.165) is 11.1 Å². The molecule has 0 aliphatic heterocycles. The standard InChI is InChI=1S/C20H19Cl2N3O2/c1-13-11-16(21)7-8-18(13)27-14(2)20(26)23-19-9-10-25(24-19)12-15-5-3-4-6-17(15)22/h3-11,14H,12H2,1-2H3,(H,23,24,26)/t14-/m1/s1. The third-order valence-electron chi connectivity index (χ3n) is 3.99. The van der Waals surface area contributed by atoms with E-state index >= 15 is 0 Å². The van der Waals surface area contributed by atoms with Gasteiger partial charge in [0.1, 0.15) is 5.75 Å². The zero-order valence-electron chi connectivity index (χ0n) is 14.9. The van der Waals surface area contributed by atoms with Gasteiger partial charge in [-0.1, -0.05) is 41.4 Å². The van der Waals surface area contributed by atoms with Crippen molar-refractivity contribution < 1.29 is 9.53 Å². The second-order valence-electron chi connectivity index (χ2n) is 6.15. The van der Waals surface area contributed by atoms with Crippen molar-refractivity contribution in [3.05, 3.63) is 75.9 Å². The van der Waals surface area contributed by atoms with E-state index in [-0.39, 0.29) is 5.91 Å². The lowest BCUT2D eigenvalue weighted by Crippen LogP contribution is -2.30. The summed E-state index contributed by atoms with van der Waals surface area (Å²) < 4.78 is 7.44. The minimum atomic E-state index is -0.682. The van der Waals surface area contributed by atoms with E-state index in [4.69, 9.17) is 27.9 Å². The Morgan fingerprint density at radius 1 is 1.22 bits per heavy atom. The van der Waals surface area contributed by atoms with Crippen molar-refractivity contribution in [2.24, 2.45) is 0 Å². The van der Waals surface area contributed by atoms with Crippen LogP contribution in [-0.4, -0.2) is 21.8 Å². The summed E-state index contributed by atoms with van der Waals surface area (Å²) in [4.78, 5) is 12.4. The first-order valence-corrected chi connectivity index (χ1v) is 9.18. The normalized spacial score (nSPS) is 11.9. The Morgan fingerprint density at radius 3 is 2.74 bits per heavy atom. The lowest BCUT2D eigenvalue weighted by Gasteiger charge is -2.15. The predicted octanol–water partition coefficient (Wildman–Crippen LogP) is 4.95. The zero-order valence-corrected chi connectivity index (χ0v) is 16.5. The maximum absolute atomic E-state index is 12.4. The maximum Gasteiger partial charge on any atom is 0.266 e. The van der Waals surface area contributed by atoms with Gasteiger partial charge in [0, 0.05) is 22.3 Å². The number of carbonyl (C=O) groups excluding carboxylic acids is 1. The summed E-state index contributed by atoms with van der Waals surface area (Å²) in [5.41, 5.74) is 1.82. The Hall–Kier alpha value is -2.50. The van der Waals surface area contributed by atoms with Crippen molar-refractivity contribution in [2.45, 2.75) is 26.5 Å². The first-order valence-electron chi connectivity index (χ1n) is 8.43. The Kier molecular flexibility index (Phi) is 6.04. The van der Waals surface area contributed by atoms with Crippen LogP contribution in [0.25, 0.3) is 0 Å². The maximum atomic E-state index is 12.4.